The predicted molar refractivity (Wildman–Crippen MR) is 82.7 cm³/mol. The molecular formula is C16H19NO2S. The number of hydrogen-bond donors (Lipinski definition) is 1. The van der Waals surface area contributed by atoms with Gasteiger partial charge in [0.2, 0.25) is 5.91 Å². The first kappa shape index (κ1) is 14.6. The van der Waals surface area contributed by atoms with Crippen molar-refractivity contribution >= 4 is 23.3 Å². The van der Waals surface area contributed by atoms with Gasteiger partial charge < -0.3 is 9.73 Å². The smallest absolute Gasteiger partial charge is 0.244 e. The monoisotopic (exact) mass is 289 g/mol. The van der Waals surface area contributed by atoms with Crippen LogP contribution in [0.3, 0.4) is 0 Å². The zero-order valence-electron chi connectivity index (χ0n) is 11.8. The minimum Gasteiger partial charge on any atom is -0.469 e. The van der Waals surface area contributed by atoms with Gasteiger partial charge in [-0.15, -0.1) is 11.3 Å². The zero-order valence-corrected chi connectivity index (χ0v) is 12.6. The maximum atomic E-state index is 11.8. The van der Waals surface area contributed by atoms with E-state index in [2.05, 4.69) is 12.2 Å². The third kappa shape index (κ3) is 4.70. The zero-order chi connectivity index (χ0) is 14.4. The van der Waals surface area contributed by atoms with E-state index in [1.165, 1.54) is 4.88 Å². The second-order valence-corrected chi connectivity index (χ2v) is 6.13. The quantitative estimate of drug-likeness (QED) is 0.822. The molecule has 2 heterocycles. The highest BCUT2D eigenvalue weighted by Crippen LogP contribution is 2.16. The number of amides is 1. The van der Waals surface area contributed by atoms with Crippen LogP contribution in [0.4, 0.5) is 0 Å². The number of furan rings is 1. The van der Waals surface area contributed by atoms with Gasteiger partial charge in [0.05, 0.1) is 6.26 Å². The van der Waals surface area contributed by atoms with Gasteiger partial charge in [-0.1, -0.05) is 0 Å². The molecule has 0 fully saturated rings. The number of thiophene rings is 1. The van der Waals surface area contributed by atoms with Crippen LogP contribution in [0, 0.1) is 6.92 Å². The summed E-state index contributed by atoms with van der Waals surface area (Å²) in [7, 11) is 0. The molecule has 4 heteroatoms. The summed E-state index contributed by atoms with van der Waals surface area (Å²) in [6, 6.07) is 8.03. The van der Waals surface area contributed by atoms with E-state index in [4.69, 9.17) is 4.42 Å². The fourth-order valence-electron chi connectivity index (χ4n) is 1.88. The average molecular weight is 289 g/mol. The second-order valence-electron chi connectivity index (χ2n) is 4.81. The first-order valence-electron chi connectivity index (χ1n) is 6.71. The van der Waals surface area contributed by atoms with Gasteiger partial charge in [-0.2, -0.15) is 0 Å². The van der Waals surface area contributed by atoms with Crippen LogP contribution in [0.25, 0.3) is 6.08 Å². The topological polar surface area (TPSA) is 42.2 Å². The molecule has 1 amide bonds. The number of carbonyl (C=O) groups is 1. The summed E-state index contributed by atoms with van der Waals surface area (Å²) in [5.41, 5.74) is 0. The standard InChI is InChI=1S/C16H19NO2S/c1-12(5-7-14-4-3-11-19-14)17-16(18)10-9-15-8-6-13(2)20-15/h3-4,6,8-12H,5,7H2,1-2H3,(H,17,18)/b10-9+. The molecule has 1 atom stereocenters. The molecule has 0 spiro atoms. The first-order chi connectivity index (χ1) is 9.63. The van der Waals surface area contributed by atoms with E-state index in [-0.39, 0.29) is 11.9 Å². The molecule has 20 heavy (non-hydrogen) atoms. The minimum atomic E-state index is -0.0528. The van der Waals surface area contributed by atoms with Gasteiger partial charge in [0.1, 0.15) is 5.76 Å². The maximum Gasteiger partial charge on any atom is 0.244 e. The Bertz CT molecular complexity index is 569. The molecule has 2 aromatic rings. The normalized spacial score (nSPS) is 12.7. The lowest BCUT2D eigenvalue weighted by Gasteiger charge is -2.11. The molecule has 2 aromatic heterocycles. The van der Waals surface area contributed by atoms with E-state index < -0.39 is 0 Å². The lowest BCUT2D eigenvalue weighted by atomic mass is 10.1. The van der Waals surface area contributed by atoms with Crippen LogP contribution in [0.1, 0.15) is 28.9 Å². The Balaban J connectivity index is 1.74. The highest BCUT2D eigenvalue weighted by Gasteiger charge is 2.06. The highest BCUT2D eigenvalue weighted by molar-refractivity contribution is 7.12. The van der Waals surface area contributed by atoms with E-state index in [0.29, 0.717) is 0 Å². The van der Waals surface area contributed by atoms with Crippen molar-refractivity contribution in [2.24, 2.45) is 0 Å². The third-order valence-electron chi connectivity index (χ3n) is 2.95. The van der Waals surface area contributed by atoms with Crippen LogP contribution in [-0.4, -0.2) is 11.9 Å². The minimum absolute atomic E-state index is 0.0528. The third-order valence-corrected chi connectivity index (χ3v) is 3.92. The van der Waals surface area contributed by atoms with E-state index in [9.17, 15) is 4.79 Å². The fraction of sp³-hybridized carbons (Fsp3) is 0.312. The maximum absolute atomic E-state index is 11.8. The summed E-state index contributed by atoms with van der Waals surface area (Å²) in [5, 5.41) is 2.96. The molecule has 1 N–H and O–H groups in total. The fourth-order valence-corrected chi connectivity index (χ4v) is 2.66. The Morgan fingerprint density at radius 1 is 1.45 bits per heavy atom. The number of aryl methyl sites for hydroxylation is 2. The summed E-state index contributed by atoms with van der Waals surface area (Å²) < 4.78 is 5.27. The molecule has 0 saturated heterocycles. The summed E-state index contributed by atoms with van der Waals surface area (Å²) in [6.45, 7) is 4.06. The summed E-state index contributed by atoms with van der Waals surface area (Å²) in [5.74, 6) is 0.902. The molecule has 0 bridgehead atoms. The van der Waals surface area contributed by atoms with E-state index in [0.717, 1.165) is 23.5 Å². The Morgan fingerprint density at radius 2 is 2.30 bits per heavy atom. The second kappa shape index (κ2) is 7.10. The summed E-state index contributed by atoms with van der Waals surface area (Å²) >= 11 is 1.68. The van der Waals surface area contributed by atoms with E-state index in [1.807, 2.05) is 37.3 Å². The van der Waals surface area contributed by atoms with Crippen molar-refractivity contribution in [1.29, 1.82) is 0 Å². The summed E-state index contributed by atoms with van der Waals surface area (Å²) in [6.07, 6.45) is 6.82. The molecule has 0 aliphatic carbocycles. The van der Waals surface area contributed by atoms with Gasteiger partial charge in [-0.3, -0.25) is 4.79 Å². The Labute approximate surface area is 123 Å². The van der Waals surface area contributed by atoms with Gasteiger partial charge in [-0.05, 0) is 50.6 Å². The largest absolute Gasteiger partial charge is 0.469 e. The Kier molecular flexibility index (Phi) is 5.18. The highest BCUT2D eigenvalue weighted by atomic mass is 32.1. The molecule has 0 aromatic carbocycles. The molecule has 0 saturated carbocycles. The van der Waals surface area contributed by atoms with Crippen molar-refractivity contribution in [3.05, 3.63) is 52.1 Å². The van der Waals surface area contributed by atoms with Gasteiger partial charge in [0.15, 0.2) is 0 Å². The predicted octanol–water partition coefficient (Wildman–Crippen LogP) is 3.80. The van der Waals surface area contributed by atoms with Crippen LogP contribution in [0.2, 0.25) is 0 Å². The molecule has 1 unspecified atom stereocenters. The van der Waals surface area contributed by atoms with E-state index >= 15 is 0 Å². The Morgan fingerprint density at radius 3 is 2.95 bits per heavy atom. The van der Waals surface area contributed by atoms with Crippen molar-refractivity contribution in [1.82, 2.24) is 5.32 Å². The molecule has 2 rings (SSSR count). The van der Waals surface area contributed by atoms with Crippen molar-refractivity contribution in [3.63, 3.8) is 0 Å². The van der Waals surface area contributed by atoms with Crippen LogP contribution < -0.4 is 5.32 Å². The van der Waals surface area contributed by atoms with Crippen LogP contribution in [0.5, 0.6) is 0 Å². The lowest BCUT2D eigenvalue weighted by Crippen LogP contribution is -2.31. The molecule has 0 aliphatic rings. The lowest BCUT2D eigenvalue weighted by molar-refractivity contribution is -0.117. The van der Waals surface area contributed by atoms with Crippen molar-refractivity contribution in [3.8, 4) is 0 Å². The van der Waals surface area contributed by atoms with Crippen molar-refractivity contribution < 1.29 is 9.21 Å². The molecule has 3 nitrogen and oxygen atoms in total. The first-order valence-corrected chi connectivity index (χ1v) is 7.52. The van der Waals surface area contributed by atoms with Gasteiger partial charge in [0.25, 0.3) is 0 Å². The van der Waals surface area contributed by atoms with Crippen LogP contribution >= 0.6 is 11.3 Å². The van der Waals surface area contributed by atoms with Crippen molar-refractivity contribution in [2.45, 2.75) is 32.7 Å². The number of hydrogen-bond acceptors (Lipinski definition) is 3. The molecular weight excluding hydrogens is 270 g/mol. The number of nitrogens with one attached hydrogen (secondary N) is 1. The van der Waals surface area contributed by atoms with E-state index in [1.54, 1.807) is 23.7 Å². The Hall–Kier alpha value is -1.81. The van der Waals surface area contributed by atoms with Gasteiger partial charge >= 0.3 is 0 Å². The van der Waals surface area contributed by atoms with Crippen LogP contribution in [-0.2, 0) is 11.2 Å². The molecule has 0 radical (unpaired) electrons. The molecule has 106 valence electrons. The SMILES string of the molecule is Cc1ccc(/C=C/C(=O)NC(C)CCc2ccco2)s1. The van der Waals surface area contributed by atoms with Gasteiger partial charge in [-0.25, -0.2) is 0 Å². The number of rotatable bonds is 6. The summed E-state index contributed by atoms with van der Waals surface area (Å²) in [4.78, 5) is 14.1. The number of carbonyl (C=O) groups excluding carboxylic acids is 1. The van der Waals surface area contributed by atoms with Crippen molar-refractivity contribution in [2.75, 3.05) is 0 Å². The average Bonchev–Trinajstić information content (AvgIpc) is 3.05. The molecule has 0 aliphatic heterocycles. The van der Waals surface area contributed by atoms with Crippen LogP contribution in [0.15, 0.2) is 41.0 Å². The van der Waals surface area contributed by atoms with Gasteiger partial charge in [0, 0.05) is 28.3 Å².